The number of aromatic nitrogens is 2. The first-order valence-corrected chi connectivity index (χ1v) is 7.21. The molecular weight excluding hydrogens is 292 g/mol. The van der Waals surface area contributed by atoms with E-state index >= 15 is 0 Å². The lowest BCUT2D eigenvalue weighted by Gasteiger charge is -2.14. The Morgan fingerprint density at radius 2 is 1.96 bits per heavy atom. The lowest BCUT2D eigenvalue weighted by molar-refractivity contribution is -0.119. The van der Waals surface area contributed by atoms with Gasteiger partial charge in [-0.25, -0.2) is 0 Å². The van der Waals surface area contributed by atoms with E-state index in [0.29, 0.717) is 6.42 Å². The minimum Gasteiger partial charge on any atom is -0.368 e. The first-order chi connectivity index (χ1) is 11.1. The molecule has 0 radical (unpaired) electrons. The zero-order chi connectivity index (χ0) is 16.2. The van der Waals surface area contributed by atoms with Gasteiger partial charge < -0.3 is 16.0 Å². The monoisotopic (exact) mass is 308 g/mol. The van der Waals surface area contributed by atoms with Crippen LogP contribution in [0, 0.1) is 0 Å². The number of rotatable bonds is 5. The van der Waals surface area contributed by atoms with Crippen LogP contribution in [0.2, 0.25) is 0 Å². The van der Waals surface area contributed by atoms with Crippen molar-refractivity contribution in [1.29, 1.82) is 0 Å². The number of nitrogens with two attached hydrogens (primary N) is 1. The lowest BCUT2D eigenvalue weighted by Crippen LogP contribution is -2.46. The second-order valence-corrected chi connectivity index (χ2v) is 5.21. The van der Waals surface area contributed by atoms with Gasteiger partial charge in [0.15, 0.2) is 0 Å². The molecule has 3 aromatic rings. The van der Waals surface area contributed by atoms with Crippen LogP contribution in [-0.4, -0.2) is 27.8 Å². The summed E-state index contributed by atoms with van der Waals surface area (Å²) in [6.45, 7) is 0. The van der Waals surface area contributed by atoms with E-state index in [1.807, 2.05) is 30.5 Å². The molecule has 0 unspecified atom stereocenters. The highest BCUT2D eigenvalue weighted by molar-refractivity contribution is 5.96. The van der Waals surface area contributed by atoms with Gasteiger partial charge in [-0.05, 0) is 23.8 Å². The highest BCUT2D eigenvalue weighted by atomic mass is 16.2. The fourth-order valence-electron chi connectivity index (χ4n) is 2.47. The molecule has 0 aliphatic heterocycles. The van der Waals surface area contributed by atoms with E-state index in [1.54, 1.807) is 18.2 Å². The molecule has 116 valence electrons. The van der Waals surface area contributed by atoms with Gasteiger partial charge in [0, 0.05) is 29.7 Å². The Kier molecular flexibility index (Phi) is 4.05. The molecule has 1 atom stereocenters. The Balaban J connectivity index is 1.80. The van der Waals surface area contributed by atoms with Crippen molar-refractivity contribution in [3.63, 3.8) is 0 Å². The number of aromatic amines is 1. The highest BCUT2D eigenvalue weighted by Gasteiger charge is 2.21. The molecule has 0 saturated heterocycles. The number of fused-ring (bicyclic) bond motifs is 1. The first-order valence-electron chi connectivity index (χ1n) is 7.21. The van der Waals surface area contributed by atoms with E-state index in [2.05, 4.69) is 15.3 Å². The zero-order valence-electron chi connectivity index (χ0n) is 12.3. The molecule has 2 amide bonds. The molecule has 6 heteroatoms. The van der Waals surface area contributed by atoms with Crippen LogP contribution in [0.4, 0.5) is 0 Å². The summed E-state index contributed by atoms with van der Waals surface area (Å²) < 4.78 is 0. The number of H-pyrrole nitrogens is 1. The molecule has 0 fully saturated rings. The van der Waals surface area contributed by atoms with Gasteiger partial charge in [0.2, 0.25) is 5.91 Å². The quantitative estimate of drug-likeness (QED) is 0.664. The molecule has 0 aliphatic rings. The molecular formula is C17H16N4O2. The number of hydrogen-bond donors (Lipinski definition) is 3. The molecule has 3 rings (SSSR count). The van der Waals surface area contributed by atoms with Crippen LogP contribution in [0.1, 0.15) is 16.1 Å². The van der Waals surface area contributed by atoms with Crippen LogP contribution in [0.5, 0.6) is 0 Å². The normalized spacial score (nSPS) is 12.0. The van der Waals surface area contributed by atoms with Gasteiger partial charge in [-0.2, -0.15) is 0 Å². The Morgan fingerprint density at radius 3 is 2.70 bits per heavy atom. The number of para-hydroxylation sites is 1. The minimum absolute atomic E-state index is 0.248. The van der Waals surface area contributed by atoms with E-state index in [0.717, 1.165) is 16.5 Å². The maximum atomic E-state index is 12.2. The summed E-state index contributed by atoms with van der Waals surface area (Å²) in [5, 5.41) is 3.65. The Labute approximate surface area is 132 Å². The van der Waals surface area contributed by atoms with Gasteiger partial charge in [0.05, 0.1) is 0 Å². The highest BCUT2D eigenvalue weighted by Crippen LogP contribution is 2.19. The number of pyridine rings is 1. The molecule has 4 N–H and O–H groups in total. The number of hydrogen-bond acceptors (Lipinski definition) is 3. The van der Waals surface area contributed by atoms with Gasteiger partial charge in [0.25, 0.3) is 5.91 Å². The average molecular weight is 308 g/mol. The van der Waals surface area contributed by atoms with E-state index in [-0.39, 0.29) is 5.69 Å². The first kappa shape index (κ1) is 14.8. The number of nitrogens with zero attached hydrogens (tertiary/aromatic N) is 1. The number of carbonyl (C=O) groups is 2. The fourth-order valence-corrected chi connectivity index (χ4v) is 2.47. The average Bonchev–Trinajstić information content (AvgIpc) is 2.98. The van der Waals surface area contributed by atoms with Crippen molar-refractivity contribution in [3.05, 3.63) is 66.1 Å². The van der Waals surface area contributed by atoms with Gasteiger partial charge in [-0.3, -0.25) is 14.6 Å². The second-order valence-electron chi connectivity index (χ2n) is 5.21. The maximum absolute atomic E-state index is 12.2. The predicted molar refractivity (Wildman–Crippen MR) is 86.7 cm³/mol. The molecule has 23 heavy (non-hydrogen) atoms. The summed E-state index contributed by atoms with van der Waals surface area (Å²) in [7, 11) is 0. The van der Waals surface area contributed by atoms with Crippen LogP contribution in [-0.2, 0) is 11.2 Å². The van der Waals surface area contributed by atoms with Crippen LogP contribution in [0.25, 0.3) is 10.9 Å². The Bertz CT molecular complexity index is 842. The van der Waals surface area contributed by atoms with Crippen molar-refractivity contribution < 1.29 is 9.59 Å². The predicted octanol–water partition coefficient (Wildman–Crippen LogP) is 1.39. The summed E-state index contributed by atoms with van der Waals surface area (Å²) in [5.41, 5.74) is 7.58. The molecule has 2 heterocycles. The summed E-state index contributed by atoms with van der Waals surface area (Å²) in [4.78, 5) is 31.0. The number of primary amides is 1. The molecule has 0 aliphatic carbocycles. The third kappa shape index (κ3) is 3.21. The van der Waals surface area contributed by atoms with Gasteiger partial charge in [-0.1, -0.05) is 24.3 Å². The van der Waals surface area contributed by atoms with Crippen molar-refractivity contribution in [3.8, 4) is 0 Å². The number of nitrogens with one attached hydrogen (secondary N) is 2. The molecule has 0 saturated carbocycles. The number of benzene rings is 1. The fraction of sp³-hybridized carbons (Fsp3) is 0.118. The van der Waals surface area contributed by atoms with Gasteiger partial charge in [0.1, 0.15) is 11.7 Å². The van der Waals surface area contributed by atoms with Crippen molar-refractivity contribution >= 4 is 22.7 Å². The van der Waals surface area contributed by atoms with Gasteiger partial charge >= 0.3 is 0 Å². The van der Waals surface area contributed by atoms with Crippen LogP contribution in [0.3, 0.4) is 0 Å². The maximum Gasteiger partial charge on any atom is 0.270 e. The van der Waals surface area contributed by atoms with Crippen LogP contribution >= 0.6 is 0 Å². The summed E-state index contributed by atoms with van der Waals surface area (Å²) in [6.07, 6.45) is 3.67. The Morgan fingerprint density at radius 1 is 1.17 bits per heavy atom. The molecule has 1 aromatic carbocycles. The van der Waals surface area contributed by atoms with Crippen LogP contribution in [0.15, 0.2) is 54.9 Å². The van der Waals surface area contributed by atoms with E-state index in [1.165, 1.54) is 6.20 Å². The largest absolute Gasteiger partial charge is 0.368 e. The number of carbonyl (C=O) groups excluding carboxylic acids is 2. The van der Waals surface area contributed by atoms with Crippen LogP contribution < -0.4 is 11.1 Å². The Hall–Kier alpha value is -3.15. The molecule has 6 nitrogen and oxygen atoms in total. The summed E-state index contributed by atoms with van der Waals surface area (Å²) in [5.74, 6) is -1.01. The number of amides is 2. The lowest BCUT2D eigenvalue weighted by atomic mass is 10.0. The van der Waals surface area contributed by atoms with E-state index in [4.69, 9.17) is 5.73 Å². The van der Waals surface area contributed by atoms with Crippen molar-refractivity contribution in [2.45, 2.75) is 12.5 Å². The smallest absolute Gasteiger partial charge is 0.270 e. The summed E-state index contributed by atoms with van der Waals surface area (Å²) >= 11 is 0. The van der Waals surface area contributed by atoms with Crippen molar-refractivity contribution in [1.82, 2.24) is 15.3 Å². The van der Waals surface area contributed by atoms with Crippen molar-refractivity contribution in [2.24, 2.45) is 5.73 Å². The molecule has 0 bridgehead atoms. The third-order valence-corrected chi connectivity index (χ3v) is 3.65. The second kappa shape index (κ2) is 6.31. The standard InChI is InChI=1S/C17H16N4O2/c18-16(22)15(21-17(23)14-7-3-4-8-19-14)9-11-10-20-13-6-2-1-5-12(11)13/h1-8,10,15,20H,9H2,(H2,18,22)(H,21,23)/t15-/m1/s1. The SMILES string of the molecule is NC(=O)[C@@H](Cc1c[nH]c2ccccc12)NC(=O)c1ccccn1. The van der Waals surface area contributed by atoms with Gasteiger partial charge in [-0.15, -0.1) is 0 Å². The third-order valence-electron chi connectivity index (χ3n) is 3.65. The minimum atomic E-state index is -0.802. The topological polar surface area (TPSA) is 101 Å². The van der Waals surface area contributed by atoms with Crippen molar-refractivity contribution in [2.75, 3.05) is 0 Å². The zero-order valence-corrected chi connectivity index (χ0v) is 12.3. The summed E-state index contributed by atoms with van der Waals surface area (Å²) in [6, 6.07) is 12.0. The van der Waals surface area contributed by atoms with E-state index in [9.17, 15) is 9.59 Å². The van der Waals surface area contributed by atoms with E-state index < -0.39 is 17.9 Å². The molecule has 2 aromatic heterocycles. The molecule has 0 spiro atoms.